The molecular weight excluding hydrogens is 390 g/mol. The van der Waals surface area contributed by atoms with Gasteiger partial charge in [0.1, 0.15) is 10.1 Å². The molecule has 5 nitrogen and oxygen atoms in total. The molecule has 0 bridgehead atoms. The summed E-state index contributed by atoms with van der Waals surface area (Å²) in [4.78, 5) is 22.6. The zero-order valence-corrected chi connectivity index (χ0v) is 14.5. The van der Waals surface area contributed by atoms with E-state index < -0.39 is 5.97 Å². The van der Waals surface area contributed by atoms with Gasteiger partial charge in [-0.2, -0.15) is 0 Å². The SMILES string of the molecule is O=C(O)CCCOc1ccc(/C=C2/SC(=S)NC2=O)cc1Br. The highest BCUT2D eigenvalue weighted by Gasteiger charge is 2.21. The highest BCUT2D eigenvalue weighted by Crippen LogP contribution is 2.30. The summed E-state index contributed by atoms with van der Waals surface area (Å²) in [7, 11) is 0. The standard InChI is InChI=1S/C14H12BrNO4S2/c15-9-6-8(7-11-13(19)16-14(21)22-11)3-4-10(9)20-5-1-2-12(17)18/h3-4,6-7H,1-2,5H2,(H,17,18)(H,16,19,21)/b11-7+. The van der Waals surface area contributed by atoms with Gasteiger partial charge in [-0.15, -0.1) is 0 Å². The van der Waals surface area contributed by atoms with E-state index in [4.69, 9.17) is 22.1 Å². The number of thioether (sulfide) groups is 1. The molecule has 0 unspecified atom stereocenters. The molecule has 2 N–H and O–H groups in total. The maximum Gasteiger partial charge on any atom is 0.303 e. The van der Waals surface area contributed by atoms with Gasteiger partial charge in [0.15, 0.2) is 0 Å². The normalized spacial score (nSPS) is 16.0. The summed E-state index contributed by atoms with van der Waals surface area (Å²) in [6.07, 6.45) is 2.27. The minimum atomic E-state index is -0.838. The van der Waals surface area contributed by atoms with Gasteiger partial charge in [-0.05, 0) is 46.1 Å². The third kappa shape index (κ3) is 4.82. The van der Waals surface area contributed by atoms with E-state index in [0.717, 1.165) is 10.0 Å². The Balaban J connectivity index is 2.00. The monoisotopic (exact) mass is 401 g/mol. The Bertz CT molecular complexity index is 660. The van der Waals surface area contributed by atoms with E-state index in [0.29, 0.717) is 28.0 Å². The number of rotatable bonds is 6. The van der Waals surface area contributed by atoms with Crippen LogP contribution in [0.15, 0.2) is 27.6 Å². The number of carbonyl (C=O) groups is 2. The lowest BCUT2D eigenvalue weighted by Gasteiger charge is -2.08. The van der Waals surface area contributed by atoms with Crippen LogP contribution < -0.4 is 10.1 Å². The second-order valence-corrected chi connectivity index (χ2v) is 6.96. The van der Waals surface area contributed by atoms with E-state index in [1.165, 1.54) is 11.8 Å². The average molecular weight is 402 g/mol. The number of benzene rings is 1. The van der Waals surface area contributed by atoms with E-state index in [1.807, 2.05) is 12.1 Å². The lowest BCUT2D eigenvalue weighted by atomic mass is 10.2. The molecule has 22 heavy (non-hydrogen) atoms. The maximum absolute atomic E-state index is 11.6. The Hall–Kier alpha value is -1.38. The Labute approximate surface area is 145 Å². The lowest BCUT2D eigenvalue weighted by Crippen LogP contribution is -2.17. The van der Waals surface area contributed by atoms with Crippen molar-refractivity contribution in [3.05, 3.63) is 33.1 Å². The van der Waals surface area contributed by atoms with E-state index in [-0.39, 0.29) is 12.3 Å². The molecule has 0 saturated carbocycles. The van der Waals surface area contributed by atoms with Crippen molar-refractivity contribution < 1.29 is 19.4 Å². The van der Waals surface area contributed by atoms with Crippen LogP contribution in [0.1, 0.15) is 18.4 Å². The third-order valence-corrected chi connectivity index (χ3v) is 4.47. The topological polar surface area (TPSA) is 75.6 Å². The largest absolute Gasteiger partial charge is 0.492 e. The Morgan fingerprint density at radius 1 is 1.50 bits per heavy atom. The minimum absolute atomic E-state index is 0.0774. The Morgan fingerprint density at radius 2 is 2.27 bits per heavy atom. The van der Waals surface area contributed by atoms with Crippen LogP contribution in [0.25, 0.3) is 6.08 Å². The zero-order valence-electron chi connectivity index (χ0n) is 11.3. The summed E-state index contributed by atoms with van der Waals surface area (Å²) in [6.45, 7) is 0.331. The molecule has 1 heterocycles. The average Bonchev–Trinajstić information content (AvgIpc) is 2.74. The first-order valence-electron chi connectivity index (χ1n) is 6.34. The number of hydrogen-bond donors (Lipinski definition) is 2. The molecule has 116 valence electrons. The van der Waals surface area contributed by atoms with Crippen LogP contribution in [-0.4, -0.2) is 27.9 Å². The van der Waals surface area contributed by atoms with Gasteiger partial charge in [-0.25, -0.2) is 0 Å². The number of thiocarbonyl (C=S) groups is 1. The van der Waals surface area contributed by atoms with Gasteiger partial charge < -0.3 is 15.2 Å². The van der Waals surface area contributed by atoms with Gasteiger partial charge in [-0.1, -0.05) is 30.0 Å². The molecule has 1 aliphatic heterocycles. The van der Waals surface area contributed by atoms with Crippen LogP contribution in [0, 0.1) is 0 Å². The molecule has 1 aromatic rings. The molecule has 2 rings (SSSR count). The summed E-state index contributed by atoms with van der Waals surface area (Å²) in [5, 5.41) is 11.1. The second-order valence-electron chi connectivity index (χ2n) is 4.39. The maximum atomic E-state index is 11.6. The molecule has 8 heteroatoms. The van der Waals surface area contributed by atoms with E-state index in [2.05, 4.69) is 21.2 Å². The first kappa shape index (κ1) is 17.0. The fourth-order valence-corrected chi connectivity index (χ4v) is 3.26. The minimum Gasteiger partial charge on any atom is -0.492 e. The zero-order chi connectivity index (χ0) is 16.1. The number of carbonyl (C=O) groups excluding carboxylic acids is 1. The summed E-state index contributed by atoms with van der Waals surface area (Å²) in [5.74, 6) is -0.401. The first-order valence-corrected chi connectivity index (χ1v) is 8.36. The smallest absolute Gasteiger partial charge is 0.303 e. The molecule has 1 aromatic carbocycles. The van der Waals surface area contributed by atoms with Crippen LogP contribution in [0.4, 0.5) is 0 Å². The molecular formula is C14H12BrNO4S2. The van der Waals surface area contributed by atoms with E-state index in [9.17, 15) is 9.59 Å². The van der Waals surface area contributed by atoms with E-state index >= 15 is 0 Å². The molecule has 0 atom stereocenters. The number of amides is 1. The van der Waals surface area contributed by atoms with Crippen LogP contribution >= 0.6 is 39.9 Å². The van der Waals surface area contributed by atoms with Crippen molar-refractivity contribution in [3.63, 3.8) is 0 Å². The number of carboxylic acids is 1. The van der Waals surface area contributed by atoms with Gasteiger partial charge in [0.25, 0.3) is 5.91 Å². The predicted molar refractivity (Wildman–Crippen MR) is 92.8 cm³/mol. The van der Waals surface area contributed by atoms with Crippen LogP contribution in [0.3, 0.4) is 0 Å². The Morgan fingerprint density at radius 3 is 2.86 bits per heavy atom. The second kappa shape index (κ2) is 7.75. The molecule has 1 fully saturated rings. The molecule has 1 saturated heterocycles. The first-order chi connectivity index (χ1) is 10.5. The molecule has 0 aromatic heterocycles. The number of aliphatic carboxylic acids is 1. The van der Waals surface area contributed by atoms with Crippen molar-refractivity contribution in [3.8, 4) is 5.75 Å². The van der Waals surface area contributed by atoms with Gasteiger partial charge >= 0.3 is 5.97 Å². The molecule has 0 aliphatic carbocycles. The number of hydrogen-bond acceptors (Lipinski definition) is 5. The van der Waals surface area contributed by atoms with Crippen molar-refractivity contribution in [1.82, 2.24) is 5.32 Å². The van der Waals surface area contributed by atoms with Crippen LogP contribution in [-0.2, 0) is 9.59 Å². The lowest BCUT2D eigenvalue weighted by molar-refractivity contribution is -0.137. The van der Waals surface area contributed by atoms with Crippen molar-refractivity contribution in [2.24, 2.45) is 0 Å². The fraction of sp³-hybridized carbons (Fsp3) is 0.214. The van der Waals surface area contributed by atoms with Crippen LogP contribution in [0.5, 0.6) is 5.75 Å². The molecule has 0 spiro atoms. The van der Waals surface area contributed by atoms with Crippen LogP contribution in [0.2, 0.25) is 0 Å². The van der Waals surface area contributed by atoms with Gasteiger partial charge in [0.2, 0.25) is 0 Å². The van der Waals surface area contributed by atoms with Crippen molar-refractivity contribution >= 4 is 62.2 Å². The third-order valence-electron chi connectivity index (χ3n) is 2.69. The predicted octanol–water partition coefficient (Wildman–Crippen LogP) is 3.18. The quantitative estimate of drug-likeness (QED) is 0.433. The fourth-order valence-electron chi connectivity index (χ4n) is 1.70. The summed E-state index contributed by atoms with van der Waals surface area (Å²) < 4.78 is 6.71. The van der Waals surface area contributed by atoms with E-state index in [1.54, 1.807) is 12.1 Å². The number of nitrogens with one attached hydrogen (secondary N) is 1. The highest BCUT2D eigenvalue weighted by molar-refractivity contribution is 9.10. The van der Waals surface area contributed by atoms with Gasteiger partial charge in [0.05, 0.1) is 16.0 Å². The number of halogens is 1. The summed E-state index contributed by atoms with van der Waals surface area (Å²) in [5.41, 5.74) is 0.840. The molecule has 1 amide bonds. The Kier molecular flexibility index (Phi) is 5.98. The highest BCUT2D eigenvalue weighted by atomic mass is 79.9. The van der Waals surface area contributed by atoms with Crippen molar-refractivity contribution in [1.29, 1.82) is 0 Å². The van der Waals surface area contributed by atoms with Gasteiger partial charge in [0, 0.05) is 6.42 Å². The van der Waals surface area contributed by atoms with Crippen molar-refractivity contribution in [2.45, 2.75) is 12.8 Å². The molecule has 1 aliphatic rings. The summed E-state index contributed by atoms with van der Waals surface area (Å²) in [6, 6.07) is 5.42. The number of ether oxygens (including phenoxy) is 1. The number of carboxylic acid groups (broad SMARTS) is 1. The van der Waals surface area contributed by atoms with Gasteiger partial charge in [-0.3, -0.25) is 9.59 Å². The summed E-state index contributed by atoms with van der Waals surface area (Å²) >= 11 is 9.56. The van der Waals surface area contributed by atoms with Crippen molar-refractivity contribution in [2.75, 3.05) is 6.61 Å². The molecule has 0 radical (unpaired) electrons.